The number of benzene rings is 1. The normalized spacial score (nSPS) is 24.7. The van der Waals surface area contributed by atoms with Gasteiger partial charge in [0.25, 0.3) is 0 Å². The van der Waals surface area contributed by atoms with Crippen LogP contribution in [0.25, 0.3) is 0 Å². The third-order valence-electron chi connectivity index (χ3n) is 5.90. The molecule has 5 nitrogen and oxygen atoms in total. The summed E-state index contributed by atoms with van der Waals surface area (Å²) in [6.07, 6.45) is 3.26. The summed E-state index contributed by atoms with van der Waals surface area (Å²) in [5.74, 6) is 0.258. The van der Waals surface area contributed by atoms with Crippen LogP contribution in [0.2, 0.25) is 5.02 Å². The molecule has 2 saturated heterocycles. The van der Waals surface area contributed by atoms with E-state index in [2.05, 4.69) is 4.90 Å². The Hall–Kier alpha value is -1.75. The van der Waals surface area contributed by atoms with Crippen LogP contribution in [-0.2, 0) is 9.53 Å². The fourth-order valence-corrected chi connectivity index (χ4v) is 4.57. The zero-order chi connectivity index (χ0) is 19.4. The van der Waals surface area contributed by atoms with Crippen molar-refractivity contribution in [1.82, 2.24) is 9.80 Å². The molecule has 3 aliphatic rings. The van der Waals surface area contributed by atoms with Gasteiger partial charge in [0.05, 0.1) is 11.5 Å². The van der Waals surface area contributed by atoms with Gasteiger partial charge in [0.2, 0.25) is 5.91 Å². The molecule has 0 radical (unpaired) electrons. The van der Waals surface area contributed by atoms with Crippen molar-refractivity contribution in [2.24, 2.45) is 5.41 Å². The van der Waals surface area contributed by atoms with E-state index in [9.17, 15) is 9.59 Å². The first-order chi connectivity index (χ1) is 12.7. The van der Waals surface area contributed by atoms with Gasteiger partial charge in [-0.2, -0.15) is 0 Å². The largest absolute Gasteiger partial charge is 0.444 e. The monoisotopic (exact) mass is 390 g/mol. The molecule has 0 bridgehead atoms. The summed E-state index contributed by atoms with van der Waals surface area (Å²) >= 11 is 6.06. The molecule has 1 atom stereocenters. The van der Waals surface area contributed by atoms with E-state index in [1.807, 2.05) is 45.0 Å². The van der Waals surface area contributed by atoms with E-state index >= 15 is 0 Å². The number of halogens is 1. The Morgan fingerprint density at radius 1 is 1.15 bits per heavy atom. The Labute approximate surface area is 165 Å². The fourth-order valence-electron chi connectivity index (χ4n) is 4.45. The molecule has 1 unspecified atom stereocenters. The second kappa shape index (κ2) is 6.40. The fraction of sp³-hybridized carbons (Fsp3) is 0.619. The predicted octanol–water partition coefficient (Wildman–Crippen LogP) is 4.40. The van der Waals surface area contributed by atoms with E-state index in [-0.39, 0.29) is 18.0 Å². The van der Waals surface area contributed by atoms with Gasteiger partial charge < -0.3 is 14.5 Å². The van der Waals surface area contributed by atoms with Crippen molar-refractivity contribution in [2.45, 2.75) is 64.1 Å². The maximum absolute atomic E-state index is 13.1. The number of carbonyl (C=O) groups excluding carboxylic acids is 2. The van der Waals surface area contributed by atoms with Crippen LogP contribution in [0.1, 0.15) is 58.1 Å². The third kappa shape index (κ3) is 3.31. The molecule has 1 saturated carbocycles. The van der Waals surface area contributed by atoms with Crippen LogP contribution in [0.3, 0.4) is 0 Å². The molecule has 4 rings (SSSR count). The van der Waals surface area contributed by atoms with Crippen molar-refractivity contribution in [3.05, 3.63) is 34.9 Å². The van der Waals surface area contributed by atoms with Crippen molar-refractivity contribution in [3.63, 3.8) is 0 Å². The molecule has 2 heterocycles. The Bertz CT molecular complexity index is 744. The van der Waals surface area contributed by atoms with Crippen LogP contribution < -0.4 is 0 Å². The first kappa shape index (κ1) is 18.6. The molecule has 2 aliphatic heterocycles. The molecule has 3 fully saturated rings. The number of β-lactam (4-membered cyclic amide) rings is 1. The summed E-state index contributed by atoms with van der Waals surface area (Å²) in [6.45, 7) is 6.73. The van der Waals surface area contributed by atoms with E-state index in [4.69, 9.17) is 16.3 Å². The second-order valence-corrected chi connectivity index (χ2v) is 9.46. The highest BCUT2D eigenvalue weighted by Gasteiger charge is 2.64. The second-order valence-electron chi connectivity index (χ2n) is 9.02. The number of piperidine rings is 1. The first-order valence-electron chi connectivity index (χ1n) is 9.77. The zero-order valence-corrected chi connectivity index (χ0v) is 17.0. The minimum Gasteiger partial charge on any atom is -0.444 e. The number of likely N-dealkylation sites (tertiary alicyclic amines) is 2. The van der Waals surface area contributed by atoms with Crippen LogP contribution >= 0.6 is 11.6 Å². The summed E-state index contributed by atoms with van der Waals surface area (Å²) < 4.78 is 5.49. The Kier molecular flexibility index (Phi) is 4.41. The van der Waals surface area contributed by atoms with E-state index in [0.29, 0.717) is 37.0 Å². The molecule has 2 amide bonds. The Morgan fingerprint density at radius 2 is 1.74 bits per heavy atom. The molecule has 1 spiro atoms. The van der Waals surface area contributed by atoms with Gasteiger partial charge >= 0.3 is 6.09 Å². The predicted molar refractivity (Wildman–Crippen MR) is 104 cm³/mol. The molecular formula is C21H27ClN2O3. The van der Waals surface area contributed by atoms with Crippen LogP contribution in [0.4, 0.5) is 4.79 Å². The summed E-state index contributed by atoms with van der Waals surface area (Å²) in [5, 5.41) is 0.705. The van der Waals surface area contributed by atoms with Gasteiger partial charge in [0, 0.05) is 24.2 Å². The number of carbonyl (C=O) groups is 2. The van der Waals surface area contributed by atoms with Gasteiger partial charge in [-0.25, -0.2) is 4.79 Å². The van der Waals surface area contributed by atoms with Gasteiger partial charge in [-0.05, 0) is 64.2 Å². The number of rotatable bonds is 2. The number of hydrogen-bond donors (Lipinski definition) is 0. The molecule has 1 aromatic carbocycles. The van der Waals surface area contributed by atoms with Crippen LogP contribution in [0.15, 0.2) is 24.3 Å². The van der Waals surface area contributed by atoms with Crippen molar-refractivity contribution < 1.29 is 14.3 Å². The van der Waals surface area contributed by atoms with Crippen molar-refractivity contribution in [3.8, 4) is 0 Å². The summed E-state index contributed by atoms with van der Waals surface area (Å²) in [7, 11) is 0. The lowest BCUT2D eigenvalue weighted by Gasteiger charge is -2.59. The minimum absolute atomic E-state index is 0.0931. The highest BCUT2D eigenvalue weighted by Crippen LogP contribution is 2.59. The molecular weight excluding hydrogens is 364 g/mol. The van der Waals surface area contributed by atoms with Crippen molar-refractivity contribution >= 4 is 23.6 Å². The maximum atomic E-state index is 13.1. The standard InChI is InChI=1S/C21H27ClN2O3/c1-20(2,3)27-19(26)23-12-10-21(11-13-23)17(14-4-6-15(22)7-5-14)24(18(21)25)16-8-9-16/h4-7,16-17H,8-13H2,1-3H3. The van der Waals surface area contributed by atoms with Crippen molar-refractivity contribution in [2.75, 3.05) is 13.1 Å². The molecule has 146 valence electrons. The lowest BCUT2D eigenvalue weighted by Crippen LogP contribution is -2.67. The summed E-state index contributed by atoms with van der Waals surface area (Å²) in [5.41, 5.74) is 0.249. The minimum atomic E-state index is -0.507. The molecule has 1 aliphatic carbocycles. The average molecular weight is 391 g/mol. The lowest BCUT2D eigenvalue weighted by atomic mass is 9.62. The molecule has 0 N–H and O–H groups in total. The zero-order valence-electron chi connectivity index (χ0n) is 16.2. The van der Waals surface area contributed by atoms with Crippen LogP contribution in [-0.4, -0.2) is 46.5 Å². The number of hydrogen-bond acceptors (Lipinski definition) is 3. The van der Waals surface area contributed by atoms with Gasteiger partial charge in [0.1, 0.15) is 5.60 Å². The number of ether oxygens (including phenoxy) is 1. The molecule has 27 heavy (non-hydrogen) atoms. The van der Waals surface area contributed by atoms with Gasteiger partial charge in [-0.15, -0.1) is 0 Å². The summed E-state index contributed by atoms with van der Waals surface area (Å²) in [4.78, 5) is 29.3. The highest BCUT2D eigenvalue weighted by atomic mass is 35.5. The summed E-state index contributed by atoms with van der Waals surface area (Å²) in [6, 6.07) is 8.35. The topological polar surface area (TPSA) is 49.9 Å². The Balaban J connectivity index is 1.52. The SMILES string of the molecule is CC(C)(C)OC(=O)N1CCC2(CC1)C(=O)N(C1CC1)C2c1ccc(Cl)cc1. The molecule has 6 heteroatoms. The van der Waals surface area contributed by atoms with Crippen LogP contribution in [0.5, 0.6) is 0 Å². The third-order valence-corrected chi connectivity index (χ3v) is 6.15. The smallest absolute Gasteiger partial charge is 0.410 e. The van der Waals surface area contributed by atoms with Crippen LogP contribution in [0, 0.1) is 5.41 Å². The van der Waals surface area contributed by atoms with E-state index in [1.165, 1.54) is 0 Å². The number of amides is 2. The lowest BCUT2D eigenvalue weighted by molar-refractivity contribution is -0.181. The van der Waals surface area contributed by atoms with Gasteiger partial charge in [0.15, 0.2) is 0 Å². The quantitative estimate of drug-likeness (QED) is 0.703. The van der Waals surface area contributed by atoms with Crippen molar-refractivity contribution in [1.29, 1.82) is 0 Å². The maximum Gasteiger partial charge on any atom is 0.410 e. The van der Waals surface area contributed by atoms with E-state index in [1.54, 1.807) is 4.90 Å². The molecule has 0 aromatic heterocycles. The highest BCUT2D eigenvalue weighted by molar-refractivity contribution is 6.30. The molecule has 1 aromatic rings. The average Bonchev–Trinajstić information content (AvgIpc) is 3.43. The van der Waals surface area contributed by atoms with E-state index < -0.39 is 11.0 Å². The van der Waals surface area contributed by atoms with E-state index in [0.717, 1.165) is 18.4 Å². The van der Waals surface area contributed by atoms with Gasteiger partial charge in [-0.1, -0.05) is 23.7 Å². The van der Waals surface area contributed by atoms with Gasteiger partial charge in [-0.3, -0.25) is 4.79 Å². The number of nitrogens with zero attached hydrogens (tertiary/aromatic N) is 2. The Morgan fingerprint density at radius 3 is 2.26 bits per heavy atom. The first-order valence-corrected chi connectivity index (χ1v) is 10.2.